The molecule has 0 aliphatic carbocycles. The van der Waals surface area contributed by atoms with Crippen LogP contribution in [0.25, 0.3) is 0 Å². The van der Waals surface area contributed by atoms with Crippen LogP contribution in [0.15, 0.2) is 97.3 Å². The standard InChI is InChI=1S/C51H57F4N9O6/c1-63-43-12-5-6-13-45(43)70-33-42(50(63)68)59-49(67)47-60-46(61-62-47)28-36-16-14-34(15-17-36)10-4-2-3-9-24-64-31-39(30-58-64)48(66)57-22-8-7-11-35-19-21-44(38(26-35)29-56-23-25-65)69-32-37-18-20-41(52)40(27-37)51(53,54)55/h5-6,12-21,26-27,30-31,42,56,65H,2-4,7-11,22-25,28-29,32-33H2,1H3,(H,57,66)(H,59,67)(H,60,61,62). The van der Waals surface area contributed by atoms with E-state index in [0.717, 1.165) is 80.2 Å². The number of carbonyl (C=O) groups is 3. The van der Waals surface area contributed by atoms with Crippen molar-refractivity contribution in [2.24, 2.45) is 0 Å². The number of aromatic amines is 1. The maximum absolute atomic E-state index is 13.8. The Morgan fingerprint density at radius 2 is 1.63 bits per heavy atom. The van der Waals surface area contributed by atoms with Crippen LogP contribution in [0.4, 0.5) is 23.2 Å². The molecule has 6 aromatic rings. The van der Waals surface area contributed by atoms with E-state index in [-0.39, 0.29) is 43.0 Å². The number of carbonyl (C=O) groups excluding carboxylic acids is 3. The van der Waals surface area contributed by atoms with Crippen LogP contribution < -0.4 is 30.3 Å². The minimum absolute atomic E-state index is 0.0116. The quantitative estimate of drug-likeness (QED) is 0.0309. The number of aliphatic hydroxyl groups excluding tert-OH is 1. The Kier molecular flexibility index (Phi) is 17.7. The fraction of sp³-hybridized carbons (Fsp3) is 0.373. The highest BCUT2D eigenvalue weighted by Crippen LogP contribution is 2.33. The number of hydrogen-bond donors (Lipinski definition) is 5. The Bertz CT molecular complexity index is 2690. The van der Waals surface area contributed by atoms with Crippen molar-refractivity contribution in [2.45, 2.75) is 89.7 Å². The number of aryl methyl sites for hydroxylation is 3. The molecule has 15 nitrogen and oxygen atoms in total. The summed E-state index contributed by atoms with van der Waals surface area (Å²) in [6.07, 6.45) is 6.19. The zero-order valence-corrected chi connectivity index (χ0v) is 38.9. The molecule has 370 valence electrons. The van der Waals surface area contributed by atoms with E-state index in [1.807, 2.05) is 36.4 Å². The molecule has 0 saturated carbocycles. The Hall–Kier alpha value is -7.12. The number of anilines is 1. The maximum Gasteiger partial charge on any atom is 0.419 e. The molecule has 3 heterocycles. The predicted molar refractivity (Wildman–Crippen MR) is 253 cm³/mol. The van der Waals surface area contributed by atoms with Gasteiger partial charge in [-0.25, -0.2) is 9.37 Å². The van der Waals surface area contributed by atoms with Crippen molar-refractivity contribution in [3.8, 4) is 11.5 Å². The third-order valence-electron chi connectivity index (χ3n) is 11.8. The number of para-hydroxylation sites is 2. The molecule has 1 unspecified atom stereocenters. The van der Waals surface area contributed by atoms with Crippen LogP contribution in [0.5, 0.6) is 11.5 Å². The van der Waals surface area contributed by atoms with E-state index in [2.05, 4.69) is 48.4 Å². The van der Waals surface area contributed by atoms with Gasteiger partial charge in [-0.05, 0) is 91.1 Å². The molecule has 2 aromatic heterocycles. The highest BCUT2D eigenvalue weighted by atomic mass is 19.4. The first kappa shape index (κ1) is 50.7. The molecular weight excluding hydrogens is 911 g/mol. The number of unbranched alkanes of at least 4 members (excludes halogenated alkanes) is 4. The number of aliphatic hydroxyl groups is 1. The maximum atomic E-state index is 13.8. The largest absolute Gasteiger partial charge is 0.489 e. The van der Waals surface area contributed by atoms with Gasteiger partial charge in [0.25, 0.3) is 17.7 Å². The summed E-state index contributed by atoms with van der Waals surface area (Å²) in [7, 11) is 1.64. The molecule has 0 fully saturated rings. The number of H-pyrrole nitrogens is 1. The van der Waals surface area contributed by atoms with Crippen molar-refractivity contribution >= 4 is 23.4 Å². The van der Waals surface area contributed by atoms with Gasteiger partial charge < -0.3 is 35.4 Å². The summed E-state index contributed by atoms with van der Waals surface area (Å²) in [5.74, 6) is -0.896. The number of ether oxygens (including phenoxy) is 2. The average Bonchev–Trinajstić information content (AvgIpc) is 4.02. The second-order valence-electron chi connectivity index (χ2n) is 17.1. The molecule has 0 spiro atoms. The molecule has 5 N–H and O–H groups in total. The molecular formula is C51H57F4N9O6. The summed E-state index contributed by atoms with van der Waals surface area (Å²) in [5.41, 5.74) is 3.99. The van der Waals surface area contributed by atoms with E-state index in [9.17, 15) is 37.1 Å². The predicted octanol–water partition coefficient (Wildman–Crippen LogP) is 7.12. The lowest BCUT2D eigenvalue weighted by molar-refractivity contribution is -0.140. The number of hydrogen-bond acceptors (Lipinski definition) is 10. The van der Waals surface area contributed by atoms with Gasteiger partial charge in [-0.15, -0.1) is 5.10 Å². The smallest absolute Gasteiger partial charge is 0.419 e. The summed E-state index contributed by atoms with van der Waals surface area (Å²) < 4.78 is 66.8. The highest BCUT2D eigenvalue weighted by molar-refractivity contribution is 6.02. The fourth-order valence-corrected chi connectivity index (χ4v) is 8.00. The van der Waals surface area contributed by atoms with E-state index in [4.69, 9.17) is 9.47 Å². The van der Waals surface area contributed by atoms with Crippen molar-refractivity contribution in [2.75, 3.05) is 38.3 Å². The summed E-state index contributed by atoms with van der Waals surface area (Å²) in [6.45, 7) is 1.63. The summed E-state index contributed by atoms with van der Waals surface area (Å²) in [6, 6.07) is 23.0. The van der Waals surface area contributed by atoms with Gasteiger partial charge in [0.1, 0.15) is 42.4 Å². The van der Waals surface area contributed by atoms with E-state index in [0.29, 0.717) is 61.2 Å². The van der Waals surface area contributed by atoms with E-state index in [1.165, 1.54) is 16.5 Å². The molecule has 4 aromatic carbocycles. The Morgan fingerprint density at radius 3 is 2.44 bits per heavy atom. The second kappa shape index (κ2) is 24.4. The number of amides is 3. The Balaban J connectivity index is 0.756. The van der Waals surface area contributed by atoms with Crippen molar-refractivity contribution in [1.82, 2.24) is 40.9 Å². The van der Waals surface area contributed by atoms with Gasteiger partial charge in [-0.2, -0.15) is 18.3 Å². The van der Waals surface area contributed by atoms with Crippen LogP contribution in [0.1, 0.15) is 98.7 Å². The second-order valence-corrected chi connectivity index (χ2v) is 17.1. The average molecular weight is 968 g/mol. The number of benzene rings is 4. The molecule has 3 amide bonds. The van der Waals surface area contributed by atoms with Gasteiger partial charge in [0.05, 0.1) is 29.6 Å². The number of alkyl halides is 3. The lowest BCUT2D eigenvalue weighted by Gasteiger charge is -2.19. The number of nitrogens with zero attached hydrogens (tertiary/aromatic N) is 5. The van der Waals surface area contributed by atoms with Crippen molar-refractivity contribution < 1.29 is 46.5 Å². The third-order valence-corrected chi connectivity index (χ3v) is 11.8. The van der Waals surface area contributed by atoms with Gasteiger partial charge in [-0.3, -0.25) is 24.2 Å². The van der Waals surface area contributed by atoms with Crippen molar-refractivity contribution in [3.63, 3.8) is 0 Å². The number of rotatable bonds is 24. The molecule has 0 bridgehead atoms. The first-order valence-corrected chi connectivity index (χ1v) is 23.4. The lowest BCUT2D eigenvalue weighted by atomic mass is 10.0. The topological polar surface area (TPSA) is 189 Å². The third kappa shape index (κ3) is 14.2. The van der Waals surface area contributed by atoms with Crippen LogP contribution in [-0.2, 0) is 49.9 Å². The first-order chi connectivity index (χ1) is 33.8. The van der Waals surface area contributed by atoms with Crippen LogP contribution in [-0.4, -0.2) is 87.2 Å². The SMILES string of the molecule is CN1C(=O)C(NC(=O)c2n[nH]c(Cc3ccc(CCCCCCn4cc(C(=O)NCCCCc5ccc(OCc6ccc(F)c(C(F)(F)F)c6)c(CNCCO)c5)cn4)cc3)n2)COc2ccccc21. The summed E-state index contributed by atoms with van der Waals surface area (Å²) in [4.78, 5) is 44.7. The molecule has 0 radical (unpaired) electrons. The zero-order chi connectivity index (χ0) is 49.5. The molecule has 19 heteroatoms. The Morgan fingerprint density at radius 1 is 0.886 bits per heavy atom. The van der Waals surface area contributed by atoms with Gasteiger partial charge >= 0.3 is 6.18 Å². The van der Waals surface area contributed by atoms with E-state index < -0.39 is 29.5 Å². The highest BCUT2D eigenvalue weighted by Gasteiger charge is 2.34. The minimum atomic E-state index is -4.82. The van der Waals surface area contributed by atoms with Crippen LogP contribution in [0, 0.1) is 5.82 Å². The molecule has 0 saturated heterocycles. The molecule has 70 heavy (non-hydrogen) atoms. The van der Waals surface area contributed by atoms with Crippen LogP contribution >= 0.6 is 0 Å². The number of aromatic nitrogens is 5. The van der Waals surface area contributed by atoms with Crippen molar-refractivity contribution in [1.29, 1.82) is 0 Å². The van der Waals surface area contributed by atoms with Gasteiger partial charge in [0.15, 0.2) is 0 Å². The van der Waals surface area contributed by atoms with Crippen LogP contribution in [0.3, 0.4) is 0 Å². The molecule has 1 atom stereocenters. The van der Waals surface area contributed by atoms with Crippen LogP contribution in [0.2, 0.25) is 0 Å². The summed E-state index contributed by atoms with van der Waals surface area (Å²) in [5, 5.41) is 29.3. The fourth-order valence-electron chi connectivity index (χ4n) is 8.00. The van der Waals surface area contributed by atoms with E-state index in [1.54, 1.807) is 42.3 Å². The van der Waals surface area contributed by atoms with Gasteiger partial charge in [0, 0.05) is 51.4 Å². The molecule has 1 aliphatic heterocycles. The number of likely N-dealkylation sites (N-methyl/N-ethyl adjacent to an activating group) is 1. The molecule has 1 aliphatic rings. The van der Waals surface area contributed by atoms with Gasteiger partial charge in [-0.1, -0.05) is 67.4 Å². The molecule has 7 rings (SSSR count). The normalized spacial score (nSPS) is 13.7. The van der Waals surface area contributed by atoms with E-state index >= 15 is 0 Å². The monoisotopic (exact) mass is 967 g/mol. The first-order valence-electron chi connectivity index (χ1n) is 23.4. The minimum Gasteiger partial charge on any atom is -0.489 e. The number of nitrogens with one attached hydrogen (secondary N) is 4. The zero-order valence-electron chi connectivity index (χ0n) is 38.9. The number of halogens is 4. The van der Waals surface area contributed by atoms with Gasteiger partial charge in [0.2, 0.25) is 5.82 Å². The lowest BCUT2D eigenvalue weighted by Crippen LogP contribution is -2.49. The number of fused-ring (bicyclic) bond motifs is 1. The summed E-state index contributed by atoms with van der Waals surface area (Å²) >= 11 is 0. The Labute approximate surface area is 403 Å². The van der Waals surface area contributed by atoms with Crippen molar-refractivity contribution in [3.05, 3.63) is 154 Å².